The van der Waals surface area contributed by atoms with Gasteiger partial charge in [0.15, 0.2) is 0 Å². The van der Waals surface area contributed by atoms with Crippen LogP contribution in [0, 0.1) is 11.3 Å². The molecule has 0 radical (unpaired) electrons. The molecule has 2 rings (SSSR count). The summed E-state index contributed by atoms with van der Waals surface area (Å²) in [5, 5.41) is 1.37. The molecule has 0 saturated heterocycles. The number of hydrogen-bond donors (Lipinski definition) is 0. The first kappa shape index (κ1) is 8.61. The Kier molecular flexibility index (Phi) is 1.64. The van der Waals surface area contributed by atoms with E-state index in [1.54, 1.807) is 0 Å². The topological polar surface area (TPSA) is 12.4 Å². The molecule has 68 valence electrons. The van der Waals surface area contributed by atoms with E-state index >= 15 is 0 Å². The number of nitrogens with zero attached hydrogens (tertiary/aromatic N) is 1. The Labute approximate surface area is 79.0 Å². The van der Waals surface area contributed by atoms with Crippen LogP contribution in [-0.4, -0.2) is 16.8 Å². The predicted octanol–water partition coefficient (Wildman–Crippen LogP) is 2.96. The Balaban J connectivity index is 2.19. The van der Waals surface area contributed by atoms with Crippen LogP contribution in [0.5, 0.6) is 0 Å². The van der Waals surface area contributed by atoms with Crippen molar-refractivity contribution < 1.29 is 0 Å². The fourth-order valence-electron chi connectivity index (χ4n) is 3.13. The van der Waals surface area contributed by atoms with E-state index in [0.29, 0.717) is 11.0 Å². The molecular formula is C10H17NS. The summed E-state index contributed by atoms with van der Waals surface area (Å²) in [5.41, 5.74) is 0.845. The minimum Gasteiger partial charge on any atom is -0.276 e. The van der Waals surface area contributed by atoms with Gasteiger partial charge in [0.25, 0.3) is 0 Å². The normalized spacial score (nSPS) is 43.3. The Hall–Kier alpha value is 0.0200. The molecule has 12 heavy (non-hydrogen) atoms. The molecule has 1 nitrogen and oxygen atoms in total. The maximum absolute atomic E-state index is 4.78. The van der Waals surface area contributed by atoms with E-state index in [-0.39, 0.29) is 0 Å². The Morgan fingerprint density at radius 1 is 1.42 bits per heavy atom. The van der Waals surface area contributed by atoms with Gasteiger partial charge in [0, 0.05) is 6.42 Å². The van der Waals surface area contributed by atoms with E-state index in [0.717, 1.165) is 5.92 Å². The van der Waals surface area contributed by atoms with E-state index in [9.17, 15) is 0 Å². The second-order valence-corrected chi connectivity index (χ2v) is 5.87. The van der Waals surface area contributed by atoms with Gasteiger partial charge in [-0.3, -0.25) is 4.99 Å². The zero-order chi connectivity index (χ0) is 8.98. The number of aliphatic imine (C=N–C) groups is 1. The smallest absolute Gasteiger partial charge is 0.0684 e. The third kappa shape index (κ3) is 0.968. The fraction of sp³-hybridized carbons (Fsp3) is 0.900. The lowest BCUT2D eigenvalue weighted by atomic mass is 9.52. The van der Waals surface area contributed by atoms with Crippen LogP contribution in [0.1, 0.15) is 33.6 Å². The number of hydrogen-bond acceptors (Lipinski definition) is 2. The van der Waals surface area contributed by atoms with Crippen LogP contribution in [-0.2, 0) is 0 Å². The molecule has 0 spiro atoms. The molecule has 2 atom stereocenters. The molecule has 0 bridgehead atoms. The standard InChI is InChI=1S/C10H17NS/c1-9(2)6-10(3)7(9)5-8(11-10)12-4/h7H,5-6H2,1-4H3/t7-,10-/m0/s1. The van der Waals surface area contributed by atoms with Gasteiger partial charge in [-0.1, -0.05) is 13.8 Å². The van der Waals surface area contributed by atoms with Crippen molar-refractivity contribution in [1.29, 1.82) is 0 Å². The Morgan fingerprint density at radius 3 is 2.50 bits per heavy atom. The lowest BCUT2D eigenvalue weighted by Gasteiger charge is -2.54. The molecule has 1 aliphatic heterocycles. The van der Waals surface area contributed by atoms with Crippen LogP contribution >= 0.6 is 11.8 Å². The van der Waals surface area contributed by atoms with Crippen molar-refractivity contribution in [1.82, 2.24) is 0 Å². The lowest BCUT2D eigenvalue weighted by molar-refractivity contribution is -0.00690. The summed E-state index contributed by atoms with van der Waals surface area (Å²) in [4.78, 5) is 4.78. The van der Waals surface area contributed by atoms with Gasteiger partial charge in [-0.05, 0) is 30.9 Å². The molecule has 2 aliphatic rings. The van der Waals surface area contributed by atoms with Crippen LogP contribution in [0.25, 0.3) is 0 Å². The summed E-state index contributed by atoms with van der Waals surface area (Å²) in [5.74, 6) is 0.812. The van der Waals surface area contributed by atoms with Crippen molar-refractivity contribution in [3.8, 4) is 0 Å². The van der Waals surface area contributed by atoms with Gasteiger partial charge in [-0.25, -0.2) is 0 Å². The Morgan fingerprint density at radius 2 is 2.08 bits per heavy atom. The van der Waals surface area contributed by atoms with E-state index in [1.165, 1.54) is 17.9 Å². The van der Waals surface area contributed by atoms with Crippen molar-refractivity contribution in [3.05, 3.63) is 0 Å². The molecule has 0 amide bonds. The summed E-state index contributed by atoms with van der Waals surface area (Å²) in [6.45, 7) is 7.06. The highest BCUT2D eigenvalue weighted by molar-refractivity contribution is 8.13. The minimum absolute atomic E-state index is 0.307. The van der Waals surface area contributed by atoms with Gasteiger partial charge < -0.3 is 0 Å². The number of fused-ring (bicyclic) bond motifs is 1. The van der Waals surface area contributed by atoms with Crippen LogP contribution in [0.3, 0.4) is 0 Å². The van der Waals surface area contributed by atoms with Crippen molar-refractivity contribution in [2.75, 3.05) is 6.26 Å². The first-order chi connectivity index (χ1) is 5.48. The summed E-state index contributed by atoms with van der Waals surface area (Å²) in [6.07, 6.45) is 4.64. The highest BCUT2D eigenvalue weighted by atomic mass is 32.2. The first-order valence-electron chi connectivity index (χ1n) is 4.61. The van der Waals surface area contributed by atoms with Gasteiger partial charge in [-0.2, -0.15) is 0 Å². The second-order valence-electron chi connectivity index (χ2n) is 4.99. The predicted molar refractivity (Wildman–Crippen MR) is 55.9 cm³/mol. The highest BCUT2D eigenvalue weighted by Crippen LogP contribution is 2.60. The van der Waals surface area contributed by atoms with E-state index in [2.05, 4.69) is 27.0 Å². The van der Waals surface area contributed by atoms with E-state index in [4.69, 9.17) is 4.99 Å². The lowest BCUT2D eigenvalue weighted by Crippen LogP contribution is -2.53. The van der Waals surface area contributed by atoms with E-state index < -0.39 is 0 Å². The summed E-state index contributed by atoms with van der Waals surface area (Å²) in [6, 6.07) is 0. The Bertz CT molecular complexity index is 244. The zero-order valence-electron chi connectivity index (χ0n) is 8.35. The molecule has 1 aliphatic carbocycles. The van der Waals surface area contributed by atoms with Gasteiger partial charge in [0.2, 0.25) is 0 Å². The number of rotatable bonds is 0. The maximum atomic E-state index is 4.78. The third-order valence-electron chi connectivity index (χ3n) is 3.50. The van der Waals surface area contributed by atoms with Gasteiger partial charge in [-0.15, -0.1) is 11.8 Å². The maximum Gasteiger partial charge on any atom is 0.0684 e. The summed E-state index contributed by atoms with van der Waals surface area (Å²) in [7, 11) is 0. The highest BCUT2D eigenvalue weighted by Gasteiger charge is 2.58. The average Bonchev–Trinajstić information content (AvgIpc) is 2.22. The second kappa shape index (κ2) is 2.28. The molecule has 0 aromatic rings. The fourth-order valence-corrected chi connectivity index (χ4v) is 3.76. The van der Waals surface area contributed by atoms with Crippen molar-refractivity contribution >= 4 is 16.8 Å². The van der Waals surface area contributed by atoms with Crippen LogP contribution in [0.2, 0.25) is 0 Å². The molecule has 1 heterocycles. The molecular weight excluding hydrogens is 166 g/mol. The van der Waals surface area contributed by atoms with Crippen molar-refractivity contribution in [3.63, 3.8) is 0 Å². The van der Waals surface area contributed by atoms with Gasteiger partial charge in [0.05, 0.1) is 10.6 Å². The molecule has 0 N–H and O–H groups in total. The molecule has 2 heteroatoms. The molecule has 0 unspecified atom stereocenters. The monoisotopic (exact) mass is 183 g/mol. The van der Waals surface area contributed by atoms with Gasteiger partial charge >= 0.3 is 0 Å². The van der Waals surface area contributed by atoms with Crippen molar-refractivity contribution in [2.45, 2.75) is 39.2 Å². The van der Waals surface area contributed by atoms with Gasteiger partial charge in [0.1, 0.15) is 0 Å². The number of thioether (sulfide) groups is 1. The molecule has 0 aromatic carbocycles. The SMILES string of the molecule is CSC1=N[C@@]2(C)CC(C)(C)[C@@H]2C1. The average molecular weight is 183 g/mol. The quantitative estimate of drug-likeness (QED) is 0.562. The van der Waals surface area contributed by atoms with Crippen molar-refractivity contribution in [2.24, 2.45) is 16.3 Å². The van der Waals surface area contributed by atoms with Crippen LogP contribution in [0.4, 0.5) is 0 Å². The molecule has 1 fully saturated rings. The minimum atomic E-state index is 0.307. The van der Waals surface area contributed by atoms with Crippen LogP contribution in [0.15, 0.2) is 4.99 Å². The first-order valence-corrected chi connectivity index (χ1v) is 5.83. The summed E-state index contributed by atoms with van der Waals surface area (Å²) >= 11 is 1.83. The van der Waals surface area contributed by atoms with E-state index in [1.807, 2.05) is 11.8 Å². The molecule has 1 saturated carbocycles. The molecule has 0 aromatic heterocycles. The largest absolute Gasteiger partial charge is 0.276 e. The zero-order valence-corrected chi connectivity index (χ0v) is 9.16. The van der Waals surface area contributed by atoms with Crippen LogP contribution < -0.4 is 0 Å². The third-order valence-corrected chi connectivity index (χ3v) is 4.23. The summed E-state index contributed by atoms with van der Waals surface area (Å²) < 4.78 is 0.